The van der Waals surface area contributed by atoms with E-state index in [1.54, 1.807) is 13.1 Å². The van der Waals surface area contributed by atoms with Crippen LogP contribution >= 0.6 is 11.6 Å². The lowest BCUT2D eigenvalue weighted by Gasteiger charge is -2.35. The molecule has 1 aliphatic rings. The third-order valence-corrected chi connectivity index (χ3v) is 4.64. The maximum absolute atomic E-state index is 12.4. The molecule has 0 saturated heterocycles. The predicted molar refractivity (Wildman–Crippen MR) is 105 cm³/mol. The Balaban J connectivity index is 1.58. The van der Waals surface area contributed by atoms with Crippen LogP contribution < -0.4 is 20.3 Å². The summed E-state index contributed by atoms with van der Waals surface area (Å²) in [5.74, 6) is 0.292. The lowest BCUT2D eigenvalue weighted by Crippen LogP contribution is -2.50. The first-order valence-electron chi connectivity index (χ1n) is 8.80. The number of hydrogen-bond donors (Lipinski definition) is 2. The van der Waals surface area contributed by atoms with Crippen LogP contribution in [0.4, 0.5) is 5.69 Å². The van der Waals surface area contributed by atoms with Crippen LogP contribution in [0.1, 0.15) is 5.56 Å². The lowest BCUT2D eigenvalue weighted by molar-refractivity contribution is -0.127. The first-order chi connectivity index (χ1) is 13.1. The predicted octanol–water partition coefficient (Wildman–Crippen LogP) is 2.01. The van der Waals surface area contributed by atoms with E-state index in [9.17, 15) is 9.59 Å². The average Bonchev–Trinajstić information content (AvgIpc) is 2.68. The number of benzene rings is 2. The average molecular weight is 388 g/mol. The van der Waals surface area contributed by atoms with Crippen LogP contribution in [0.3, 0.4) is 0 Å². The van der Waals surface area contributed by atoms with Gasteiger partial charge in [0.2, 0.25) is 5.91 Å². The minimum Gasteiger partial charge on any atom is -0.477 e. The molecule has 1 heterocycles. The highest BCUT2D eigenvalue weighted by atomic mass is 35.5. The van der Waals surface area contributed by atoms with E-state index >= 15 is 0 Å². The van der Waals surface area contributed by atoms with E-state index in [1.165, 1.54) is 0 Å². The molecule has 0 spiro atoms. The second-order valence-electron chi connectivity index (χ2n) is 6.30. The highest BCUT2D eigenvalue weighted by molar-refractivity contribution is 6.30. The zero-order chi connectivity index (χ0) is 19.2. The minimum atomic E-state index is -0.647. The van der Waals surface area contributed by atoms with E-state index in [0.717, 1.165) is 17.7 Å². The molecule has 2 aromatic rings. The Hall–Kier alpha value is -2.73. The number of halogens is 1. The van der Waals surface area contributed by atoms with E-state index in [1.807, 2.05) is 47.4 Å². The maximum Gasteiger partial charge on any atom is 0.262 e. The van der Waals surface area contributed by atoms with Crippen LogP contribution in [0.25, 0.3) is 0 Å². The number of para-hydroxylation sites is 2. The van der Waals surface area contributed by atoms with Gasteiger partial charge in [0.05, 0.1) is 18.8 Å². The third kappa shape index (κ3) is 4.92. The lowest BCUT2D eigenvalue weighted by atomic mass is 10.1. The van der Waals surface area contributed by atoms with Gasteiger partial charge in [-0.2, -0.15) is 0 Å². The Morgan fingerprint density at radius 1 is 1.19 bits per heavy atom. The van der Waals surface area contributed by atoms with Crippen molar-refractivity contribution in [2.24, 2.45) is 0 Å². The maximum atomic E-state index is 12.4. The summed E-state index contributed by atoms with van der Waals surface area (Å²) in [5.41, 5.74) is 1.92. The Bertz CT molecular complexity index is 810. The zero-order valence-electron chi connectivity index (χ0n) is 15.1. The summed E-state index contributed by atoms with van der Waals surface area (Å²) in [6.07, 6.45) is 0.0792. The highest BCUT2D eigenvalue weighted by Crippen LogP contribution is 2.32. The Morgan fingerprint density at radius 3 is 2.67 bits per heavy atom. The quantitative estimate of drug-likeness (QED) is 0.795. The van der Waals surface area contributed by atoms with Crippen LogP contribution in [0, 0.1) is 0 Å². The molecule has 27 heavy (non-hydrogen) atoms. The number of likely N-dealkylation sites (N-methyl/N-ethyl adjacent to an activating group) is 1. The van der Waals surface area contributed by atoms with Gasteiger partial charge in [0.15, 0.2) is 6.10 Å². The van der Waals surface area contributed by atoms with Gasteiger partial charge in [0.25, 0.3) is 5.91 Å². The molecule has 1 aliphatic heterocycles. The van der Waals surface area contributed by atoms with Crippen molar-refractivity contribution in [1.29, 1.82) is 0 Å². The Kier molecular flexibility index (Phi) is 6.19. The molecule has 0 radical (unpaired) electrons. The molecule has 2 aromatic carbocycles. The minimum absolute atomic E-state index is 0.101. The molecule has 6 nitrogen and oxygen atoms in total. The summed E-state index contributed by atoms with van der Waals surface area (Å²) in [4.78, 5) is 26.3. The molecule has 0 unspecified atom stereocenters. The summed E-state index contributed by atoms with van der Waals surface area (Å²) in [6, 6.07) is 15.0. The molecule has 0 aromatic heterocycles. The number of anilines is 1. The standard InChI is InChI=1S/C20H22ClN3O3/c1-22-20(26)18-12-24(16-4-2-3-5-17(16)27-18)13-19(25)23-11-10-14-6-8-15(21)9-7-14/h2-9,18H,10-13H2,1H3,(H,22,26)(H,23,25)/t18-/m0/s1. The fourth-order valence-corrected chi connectivity index (χ4v) is 3.11. The van der Waals surface area contributed by atoms with Crippen LogP contribution in [-0.4, -0.2) is 44.6 Å². The third-order valence-electron chi connectivity index (χ3n) is 4.38. The van der Waals surface area contributed by atoms with Crippen molar-refractivity contribution < 1.29 is 14.3 Å². The molecule has 0 bridgehead atoms. The molecule has 0 fully saturated rings. The van der Waals surface area contributed by atoms with Gasteiger partial charge in [0, 0.05) is 18.6 Å². The molecular weight excluding hydrogens is 366 g/mol. The van der Waals surface area contributed by atoms with Gasteiger partial charge >= 0.3 is 0 Å². The normalized spacial score (nSPS) is 15.5. The number of carbonyl (C=O) groups is 2. The highest BCUT2D eigenvalue weighted by Gasteiger charge is 2.30. The van der Waals surface area contributed by atoms with Crippen molar-refractivity contribution in [3.63, 3.8) is 0 Å². The molecular formula is C20H22ClN3O3. The summed E-state index contributed by atoms with van der Waals surface area (Å²) in [7, 11) is 1.57. The molecule has 3 rings (SSSR count). The first kappa shape index (κ1) is 19.0. The van der Waals surface area contributed by atoms with Crippen molar-refractivity contribution in [2.45, 2.75) is 12.5 Å². The van der Waals surface area contributed by atoms with Crippen molar-refractivity contribution in [1.82, 2.24) is 10.6 Å². The van der Waals surface area contributed by atoms with Gasteiger partial charge in [-0.1, -0.05) is 35.9 Å². The molecule has 7 heteroatoms. The van der Waals surface area contributed by atoms with Gasteiger partial charge in [-0.15, -0.1) is 0 Å². The summed E-state index contributed by atoms with van der Waals surface area (Å²) >= 11 is 5.88. The van der Waals surface area contributed by atoms with Gasteiger partial charge in [0.1, 0.15) is 5.75 Å². The van der Waals surface area contributed by atoms with Crippen molar-refractivity contribution >= 4 is 29.1 Å². The van der Waals surface area contributed by atoms with Crippen LogP contribution in [-0.2, 0) is 16.0 Å². The number of ether oxygens (including phenoxy) is 1. The number of amides is 2. The second-order valence-corrected chi connectivity index (χ2v) is 6.73. The Morgan fingerprint density at radius 2 is 1.93 bits per heavy atom. The van der Waals surface area contributed by atoms with Gasteiger partial charge in [-0.05, 0) is 36.2 Å². The summed E-state index contributed by atoms with van der Waals surface area (Å²) in [5, 5.41) is 6.22. The van der Waals surface area contributed by atoms with E-state index < -0.39 is 6.10 Å². The van der Waals surface area contributed by atoms with Crippen molar-refractivity contribution in [2.75, 3.05) is 31.6 Å². The number of carbonyl (C=O) groups excluding carboxylic acids is 2. The molecule has 1 atom stereocenters. The van der Waals surface area contributed by atoms with Crippen molar-refractivity contribution in [3.05, 3.63) is 59.1 Å². The summed E-state index contributed by atoms with van der Waals surface area (Å²) < 4.78 is 5.75. The zero-order valence-corrected chi connectivity index (χ0v) is 15.8. The topological polar surface area (TPSA) is 70.7 Å². The van der Waals surface area contributed by atoms with Gasteiger partial charge in [-0.25, -0.2) is 0 Å². The monoisotopic (exact) mass is 387 g/mol. The number of hydrogen-bond acceptors (Lipinski definition) is 4. The smallest absolute Gasteiger partial charge is 0.262 e. The van der Waals surface area contributed by atoms with Crippen LogP contribution in [0.5, 0.6) is 5.75 Å². The fraction of sp³-hybridized carbons (Fsp3) is 0.300. The first-order valence-corrected chi connectivity index (χ1v) is 9.18. The van der Waals surface area contributed by atoms with Crippen molar-refractivity contribution in [3.8, 4) is 5.75 Å². The van der Waals surface area contributed by atoms with E-state index in [-0.39, 0.29) is 18.4 Å². The number of nitrogens with one attached hydrogen (secondary N) is 2. The largest absolute Gasteiger partial charge is 0.477 e. The van der Waals surface area contributed by atoms with Crippen LogP contribution in [0.2, 0.25) is 5.02 Å². The second kappa shape index (κ2) is 8.77. The van der Waals surface area contributed by atoms with Gasteiger partial charge < -0.3 is 20.3 Å². The molecule has 0 saturated carbocycles. The number of nitrogens with zero attached hydrogens (tertiary/aromatic N) is 1. The molecule has 142 valence electrons. The SMILES string of the molecule is CNC(=O)[C@@H]1CN(CC(=O)NCCc2ccc(Cl)cc2)c2ccccc2O1. The van der Waals surface area contributed by atoms with Crippen LogP contribution in [0.15, 0.2) is 48.5 Å². The molecule has 2 amide bonds. The molecule has 2 N–H and O–H groups in total. The van der Waals surface area contributed by atoms with E-state index in [4.69, 9.17) is 16.3 Å². The Labute approximate surface area is 163 Å². The fourth-order valence-electron chi connectivity index (χ4n) is 2.98. The number of fused-ring (bicyclic) bond motifs is 1. The summed E-state index contributed by atoms with van der Waals surface area (Å²) in [6.45, 7) is 1.01. The number of rotatable bonds is 6. The van der Waals surface area contributed by atoms with E-state index in [0.29, 0.717) is 23.9 Å². The van der Waals surface area contributed by atoms with Gasteiger partial charge in [-0.3, -0.25) is 9.59 Å². The van der Waals surface area contributed by atoms with E-state index in [2.05, 4.69) is 10.6 Å². The molecule has 0 aliphatic carbocycles.